The molecule has 0 aliphatic rings. The Hall–Kier alpha value is -2.01. The number of hydrogen-bond donors (Lipinski definition) is 1. The summed E-state index contributed by atoms with van der Waals surface area (Å²) < 4.78 is 46.7. The molecule has 1 atom stereocenters. The van der Waals surface area contributed by atoms with E-state index in [2.05, 4.69) is 5.32 Å². The van der Waals surface area contributed by atoms with Crippen molar-refractivity contribution in [2.45, 2.75) is 12.5 Å². The number of halogens is 3. The lowest BCUT2D eigenvalue weighted by molar-refractivity contribution is 0.382. The first kappa shape index (κ1) is 15.4. The minimum Gasteiger partial charge on any atom is -0.494 e. The second kappa shape index (κ2) is 6.63. The van der Waals surface area contributed by atoms with E-state index in [0.29, 0.717) is 5.56 Å². The molecule has 21 heavy (non-hydrogen) atoms. The maximum Gasteiger partial charge on any atom is 0.168 e. The molecular weight excluding hydrogens is 279 g/mol. The summed E-state index contributed by atoms with van der Waals surface area (Å²) in [5.74, 6) is -1.72. The van der Waals surface area contributed by atoms with Gasteiger partial charge in [0.15, 0.2) is 11.6 Å². The van der Waals surface area contributed by atoms with E-state index in [1.807, 2.05) is 0 Å². The number of ether oxygens (including phenoxy) is 1. The molecule has 112 valence electrons. The van der Waals surface area contributed by atoms with Crippen LogP contribution >= 0.6 is 0 Å². The smallest absolute Gasteiger partial charge is 0.168 e. The van der Waals surface area contributed by atoms with Crippen LogP contribution in [0.2, 0.25) is 0 Å². The molecular formula is C16H16F3NO. The number of likely N-dealkylation sites (N-methyl/N-ethyl adjacent to an activating group) is 1. The van der Waals surface area contributed by atoms with E-state index in [1.165, 1.54) is 31.4 Å². The zero-order valence-electron chi connectivity index (χ0n) is 11.8. The van der Waals surface area contributed by atoms with E-state index in [4.69, 9.17) is 4.74 Å². The van der Waals surface area contributed by atoms with Gasteiger partial charge in [-0.15, -0.1) is 0 Å². The fourth-order valence-corrected chi connectivity index (χ4v) is 2.28. The Bertz CT molecular complexity index is 611. The fraction of sp³-hybridized carbons (Fsp3) is 0.250. The maximum atomic E-state index is 14.1. The lowest BCUT2D eigenvalue weighted by Crippen LogP contribution is -2.22. The Labute approximate surface area is 121 Å². The summed E-state index contributed by atoms with van der Waals surface area (Å²) in [5, 5.41) is 2.83. The molecule has 5 heteroatoms. The van der Waals surface area contributed by atoms with Crippen LogP contribution in [-0.4, -0.2) is 14.2 Å². The van der Waals surface area contributed by atoms with Gasteiger partial charge in [0.05, 0.1) is 7.11 Å². The first-order chi connectivity index (χ1) is 10.1. The highest BCUT2D eigenvalue weighted by Gasteiger charge is 2.21. The van der Waals surface area contributed by atoms with Crippen LogP contribution in [0.3, 0.4) is 0 Å². The number of benzene rings is 2. The van der Waals surface area contributed by atoms with Crippen molar-refractivity contribution in [3.8, 4) is 5.75 Å². The van der Waals surface area contributed by atoms with Gasteiger partial charge in [0, 0.05) is 11.6 Å². The van der Waals surface area contributed by atoms with Crippen LogP contribution in [0.4, 0.5) is 13.2 Å². The Morgan fingerprint density at radius 2 is 1.67 bits per heavy atom. The van der Waals surface area contributed by atoms with Gasteiger partial charge >= 0.3 is 0 Å². The predicted octanol–water partition coefficient (Wildman–Crippen LogP) is 3.62. The van der Waals surface area contributed by atoms with Crippen LogP contribution in [0.5, 0.6) is 5.75 Å². The molecule has 2 aromatic rings. The van der Waals surface area contributed by atoms with E-state index in [9.17, 15) is 13.2 Å². The number of hydrogen-bond acceptors (Lipinski definition) is 2. The molecule has 0 fully saturated rings. The molecule has 0 aliphatic carbocycles. The van der Waals surface area contributed by atoms with Gasteiger partial charge < -0.3 is 10.1 Å². The van der Waals surface area contributed by atoms with Gasteiger partial charge in [0.25, 0.3) is 0 Å². The highest BCUT2D eigenvalue weighted by Crippen LogP contribution is 2.27. The van der Waals surface area contributed by atoms with Crippen LogP contribution in [-0.2, 0) is 6.42 Å². The quantitative estimate of drug-likeness (QED) is 0.909. The van der Waals surface area contributed by atoms with Gasteiger partial charge in [0.1, 0.15) is 11.6 Å². The lowest BCUT2D eigenvalue weighted by Gasteiger charge is -2.19. The summed E-state index contributed by atoms with van der Waals surface area (Å²) in [5.41, 5.74) is 0.235. The highest BCUT2D eigenvalue weighted by molar-refractivity contribution is 5.33. The first-order valence-electron chi connectivity index (χ1n) is 6.51. The van der Waals surface area contributed by atoms with Crippen molar-refractivity contribution in [3.63, 3.8) is 0 Å². The van der Waals surface area contributed by atoms with Crippen LogP contribution in [0.1, 0.15) is 17.2 Å². The normalized spacial score (nSPS) is 12.2. The second-order valence-electron chi connectivity index (χ2n) is 4.61. The van der Waals surface area contributed by atoms with E-state index in [-0.39, 0.29) is 17.7 Å². The minimum atomic E-state index is -0.673. The number of nitrogens with one attached hydrogen (secondary N) is 1. The van der Waals surface area contributed by atoms with E-state index < -0.39 is 23.5 Å². The van der Waals surface area contributed by atoms with E-state index in [1.54, 1.807) is 19.2 Å². The van der Waals surface area contributed by atoms with Gasteiger partial charge in [-0.2, -0.15) is 0 Å². The molecule has 1 unspecified atom stereocenters. The number of methoxy groups -OCH3 is 1. The van der Waals surface area contributed by atoms with Crippen molar-refractivity contribution in [2.75, 3.05) is 14.2 Å². The molecule has 0 heterocycles. The van der Waals surface area contributed by atoms with Crippen LogP contribution in [0.15, 0.2) is 36.4 Å². The molecule has 0 aromatic heterocycles. The molecule has 0 saturated carbocycles. The first-order valence-corrected chi connectivity index (χ1v) is 6.51. The topological polar surface area (TPSA) is 21.3 Å². The molecule has 2 aromatic carbocycles. The molecule has 1 N–H and O–H groups in total. The van der Waals surface area contributed by atoms with Crippen molar-refractivity contribution in [1.29, 1.82) is 0 Å². The van der Waals surface area contributed by atoms with Crippen molar-refractivity contribution in [2.24, 2.45) is 0 Å². The largest absolute Gasteiger partial charge is 0.494 e. The SMILES string of the molecule is CNC(Cc1cccc(OC)c1F)c1c(F)cccc1F. The molecule has 0 saturated heterocycles. The Morgan fingerprint density at radius 1 is 1.05 bits per heavy atom. The molecule has 0 bridgehead atoms. The van der Waals surface area contributed by atoms with Gasteiger partial charge in [-0.3, -0.25) is 0 Å². The average molecular weight is 295 g/mol. The van der Waals surface area contributed by atoms with Gasteiger partial charge in [-0.25, -0.2) is 13.2 Å². The molecule has 0 aliphatic heterocycles. The summed E-state index contributed by atoms with van der Waals surface area (Å²) in [6.07, 6.45) is 0.109. The minimum absolute atomic E-state index is 0.0952. The Kier molecular flexibility index (Phi) is 4.85. The summed E-state index contributed by atoms with van der Waals surface area (Å²) >= 11 is 0. The standard InChI is InChI=1S/C16H16F3NO/c1-20-13(15-11(17)6-4-7-12(15)18)9-10-5-3-8-14(21-2)16(10)19/h3-8,13,20H,9H2,1-2H3. The van der Waals surface area contributed by atoms with Crippen molar-refractivity contribution in [1.82, 2.24) is 5.32 Å². The zero-order chi connectivity index (χ0) is 15.4. The lowest BCUT2D eigenvalue weighted by atomic mass is 9.97. The van der Waals surface area contributed by atoms with Crippen molar-refractivity contribution >= 4 is 0 Å². The van der Waals surface area contributed by atoms with Crippen molar-refractivity contribution < 1.29 is 17.9 Å². The monoisotopic (exact) mass is 295 g/mol. The van der Waals surface area contributed by atoms with Gasteiger partial charge in [-0.1, -0.05) is 18.2 Å². The van der Waals surface area contributed by atoms with Gasteiger partial charge in [0.2, 0.25) is 0 Å². The van der Waals surface area contributed by atoms with Crippen LogP contribution in [0.25, 0.3) is 0 Å². The van der Waals surface area contributed by atoms with Gasteiger partial charge in [-0.05, 0) is 37.2 Å². The Morgan fingerprint density at radius 3 is 2.24 bits per heavy atom. The molecule has 2 nitrogen and oxygen atoms in total. The highest BCUT2D eigenvalue weighted by atomic mass is 19.1. The molecule has 0 amide bonds. The van der Waals surface area contributed by atoms with E-state index in [0.717, 1.165) is 0 Å². The van der Waals surface area contributed by atoms with Crippen LogP contribution < -0.4 is 10.1 Å². The predicted molar refractivity (Wildman–Crippen MR) is 74.8 cm³/mol. The van der Waals surface area contributed by atoms with Crippen molar-refractivity contribution in [3.05, 3.63) is 65.0 Å². The average Bonchev–Trinajstić information content (AvgIpc) is 2.47. The molecule has 0 radical (unpaired) electrons. The third kappa shape index (κ3) is 3.19. The number of rotatable bonds is 5. The maximum absolute atomic E-state index is 14.1. The zero-order valence-corrected chi connectivity index (χ0v) is 11.8. The van der Waals surface area contributed by atoms with Crippen LogP contribution in [0, 0.1) is 17.5 Å². The summed E-state index contributed by atoms with van der Waals surface area (Å²) in [6.45, 7) is 0. The summed E-state index contributed by atoms with van der Waals surface area (Å²) in [4.78, 5) is 0. The second-order valence-corrected chi connectivity index (χ2v) is 4.61. The third-order valence-electron chi connectivity index (χ3n) is 3.38. The molecule has 0 spiro atoms. The summed E-state index contributed by atoms with van der Waals surface area (Å²) in [7, 11) is 2.95. The summed E-state index contributed by atoms with van der Waals surface area (Å²) in [6, 6.07) is 7.70. The Balaban J connectivity index is 2.36. The van der Waals surface area contributed by atoms with E-state index >= 15 is 0 Å². The third-order valence-corrected chi connectivity index (χ3v) is 3.38. The fourth-order valence-electron chi connectivity index (χ4n) is 2.28. The molecule has 2 rings (SSSR count).